The number of hydrogen-bond acceptors (Lipinski definition) is 7. The van der Waals surface area contributed by atoms with Gasteiger partial charge >= 0.3 is 6.18 Å². The number of ether oxygens (including phenoxy) is 1. The Labute approximate surface area is 212 Å². The summed E-state index contributed by atoms with van der Waals surface area (Å²) in [6, 6.07) is 2.92. The smallest absolute Gasteiger partial charge is 0.416 e. The van der Waals surface area contributed by atoms with Gasteiger partial charge in [0.05, 0.1) is 12.2 Å². The number of nitrogens with one attached hydrogen (secondary N) is 1. The van der Waals surface area contributed by atoms with E-state index in [1.165, 1.54) is 24.8 Å². The number of hydrogen-bond donors (Lipinski definition) is 1. The summed E-state index contributed by atoms with van der Waals surface area (Å²) in [6.45, 7) is 2.15. The van der Waals surface area contributed by atoms with Crippen LogP contribution in [0.2, 0.25) is 0 Å². The first kappa shape index (κ1) is 22.7. The highest BCUT2D eigenvalue weighted by Gasteiger charge is 2.43. The molecule has 1 aliphatic carbocycles. The minimum absolute atomic E-state index is 0.00786. The maximum atomic E-state index is 14.9. The fourth-order valence-corrected chi connectivity index (χ4v) is 5.40. The predicted molar refractivity (Wildman–Crippen MR) is 125 cm³/mol. The minimum Gasteiger partial charge on any atom is -0.493 e. The molecule has 4 aromatic rings. The van der Waals surface area contributed by atoms with Gasteiger partial charge in [0.25, 0.3) is 0 Å². The first-order chi connectivity index (χ1) is 18.3. The van der Waals surface area contributed by atoms with Crippen molar-refractivity contribution >= 4 is 11.4 Å². The molecule has 1 N–H and O–H groups in total. The third kappa shape index (κ3) is 3.22. The molecule has 0 atom stereocenters. The van der Waals surface area contributed by atoms with Gasteiger partial charge in [-0.1, -0.05) is 6.08 Å². The quantitative estimate of drug-likeness (QED) is 0.414. The Bertz CT molecular complexity index is 1800. The maximum absolute atomic E-state index is 14.9. The van der Waals surface area contributed by atoms with E-state index in [1.54, 1.807) is 17.6 Å². The van der Waals surface area contributed by atoms with Crippen molar-refractivity contribution in [1.29, 1.82) is 0 Å². The average Bonchev–Trinajstić information content (AvgIpc) is 3.63. The molecule has 0 bridgehead atoms. The Morgan fingerprint density at radius 1 is 1.11 bits per heavy atom. The topological polar surface area (TPSA) is 90.9 Å². The molecule has 0 saturated heterocycles. The zero-order chi connectivity index (χ0) is 26.2. The lowest BCUT2D eigenvalue weighted by Crippen LogP contribution is -2.43. The molecule has 0 fully saturated rings. The van der Waals surface area contributed by atoms with E-state index in [-0.39, 0.29) is 52.2 Å². The molecule has 0 amide bonds. The van der Waals surface area contributed by atoms with Crippen molar-refractivity contribution in [2.24, 2.45) is 0 Å². The van der Waals surface area contributed by atoms with Gasteiger partial charge in [-0.2, -0.15) is 13.2 Å². The Hall–Kier alpha value is -4.48. The molecule has 2 aliphatic heterocycles. The van der Waals surface area contributed by atoms with E-state index in [2.05, 4.69) is 25.5 Å². The molecule has 7 rings (SSSR count). The predicted octanol–water partition coefficient (Wildman–Crippen LogP) is 2.67. The molecule has 192 valence electrons. The second-order valence-electron chi connectivity index (χ2n) is 9.12. The highest BCUT2D eigenvalue weighted by atomic mass is 19.4. The first-order valence-electron chi connectivity index (χ1n) is 11.9. The number of aromatic nitrogens is 5. The van der Waals surface area contributed by atoms with E-state index in [0.717, 1.165) is 11.6 Å². The second kappa shape index (κ2) is 8.01. The summed E-state index contributed by atoms with van der Waals surface area (Å²) < 4.78 is 71.1. The van der Waals surface area contributed by atoms with E-state index in [4.69, 9.17) is 9.15 Å². The minimum atomic E-state index is -4.65. The summed E-state index contributed by atoms with van der Waals surface area (Å²) in [4.78, 5) is 8.80. The molecular weight excluding hydrogens is 504 g/mol. The maximum Gasteiger partial charge on any atom is 0.416 e. The molecular formula is C26H18F4N6O2. The number of furan rings is 1. The molecule has 8 nitrogen and oxygen atoms in total. The molecule has 38 heavy (non-hydrogen) atoms. The summed E-state index contributed by atoms with van der Waals surface area (Å²) in [5.74, 6) is 1.24. The molecule has 12 heteroatoms. The molecule has 3 aliphatic rings. The summed E-state index contributed by atoms with van der Waals surface area (Å²) >= 11 is 0. The van der Waals surface area contributed by atoms with Gasteiger partial charge in [-0.25, -0.2) is 9.37 Å². The SMILES string of the molecule is Cc1oc2c3c1CC=C(C(F)(F)F)/C3=c1\nccn\c1=C(/NCc1c(F)ccc3c1CCO3)n1cnnc1-2. The van der Waals surface area contributed by atoms with Crippen LogP contribution in [0, 0.1) is 12.7 Å². The van der Waals surface area contributed by atoms with Gasteiger partial charge in [-0.15, -0.1) is 10.2 Å². The number of benzene rings is 1. The van der Waals surface area contributed by atoms with Crippen LogP contribution < -0.4 is 20.8 Å². The number of alkyl halides is 3. The largest absolute Gasteiger partial charge is 0.493 e. The van der Waals surface area contributed by atoms with Crippen LogP contribution in [0.15, 0.2) is 46.9 Å². The molecule has 5 heterocycles. The van der Waals surface area contributed by atoms with Crippen molar-refractivity contribution in [3.8, 4) is 17.3 Å². The van der Waals surface area contributed by atoms with E-state index < -0.39 is 17.6 Å². The number of aryl methyl sites for hydroxylation is 1. The lowest BCUT2D eigenvalue weighted by molar-refractivity contribution is -0.0874. The Morgan fingerprint density at radius 3 is 2.74 bits per heavy atom. The van der Waals surface area contributed by atoms with Crippen LogP contribution in [0.3, 0.4) is 0 Å². The highest BCUT2D eigenvalue weighted by molar-refractivity contribution is 5.90. The number of nitrogens with zero attached hydrogens (tertiary/aromatic N) is 5. The van der Waals surface area contributed by atoms with Crippen LogP contribution in [0.5, 0.6) is 5.75 Å². The number of allylic oxidation sites excluding steroid dienone is 2. The van der Waals surface area contributed by atoms with Crippen LogP contribution in [-0.2, 0) is 19.4 Å². The van der Waals surface area contributed by atoms with Gasteiger partial charge in [-0.05, 0) is 25.5 Å². The van der Waals surface area contributed by atoms with E-state index >= 15 is 0 Å². The number of halogens is 4. The Kier molecular flexibility index (Phi) is 4.78. The van der Waals surface area contributed by atoms with Crippen molar-refractivity contribution in [2.75, 3.05) is 6.61 Å². The van der Waals surface area contributed by atoms with Gasteiger partial charge in [0.2, 0.25) is 5.82 Å². The fourth-order valence-electron chi connectivity index (χ4n) is 5.40. The second-order valence-corrected chi connectivity index (χ2v) is 9.12. The zero-order valence-corrected chi connectivity index (χ0v) is 19.9. The van der Waals surface area contributed by atoms with Gasteiger partial charge in [0, 0.05) is 53.2 Å². The summed E-state index contributed by atoms with van der Waals surface area (Å²) in [6.07, 6.45) is 1.22. The third-order valence-corrected chi connectivity index (χ3v) is 7.07. The molecule has 3 aromatic heterocycles. The summed E-state index contributed by atoms with van der Waals surface area (Å²) in [5.41, 5.74) is 1.06. The standard InChI is InChI=1S/C26H18F4N6O2/c1-12-13-2-3-16(26(28,29)30)20-19(13)23(38-12)25-35-34-11-36(25)24(22-21(20)31-7-8-32-22)33-10-15-14-6-9-37-18(14)5-4-17(15)27/h3-5,7-8,11,33H,2,6,9-10H2,1H3/b21-20+,24-22+. The van der Waals surface area contributed by atoms with Gasteiger partial charge in [0.15, 0.2) is 5.76 Å². The van der Waals surface area contributed by atoms with E-state index in [1.807, 2.05) is 0 Å². The first-order valence-corrected chi connectivity index (χ1v) is 11.9. The van der Waals surface area contributed by atoms with E-state index in [9.17, 15) is 17.6 Å². The van der Waals surface area contributed by atoms with Crippen molar-refractivity contribution in [2.45, 2.75) is 32.5 Å². The summed E-state index contributed by atoms with van der Waals surface area (Å²) in [7, 11) is 0. The lowest BCUT2D eigenvalue weighted by Gasteiger charge is -2.23. The number of rotatable bonds is 3. The van der Waals surface area contributed by atoms with Crippen LogP contribution in [0.4, 0.5) is 17.6 Å². The van der Waals surface area contributed by atoms with Gasteiger partial charge in [-0.3, -0.25) is 9.55 Å². The van der Waals surface area contributed by atoms with Crippen LogP contribution in [0.1, 0.15) is 28.0 Å². The molecule has 0 saturated carbocycles. The molecule has 1 aromatic carbocycles. The normalized spacial score (nSPS) is 18.4. The van der Waals surface area contributed by atoms with Crippen LogP contribution in [-0.4, -0.2) is 37.5 Å². The molecule has 0 radical (unpaired) electrons. The third-order valence-electron chi connectivity index (χ3n) is 7.07. The summed E-state index contributed by atoms with van der Waals surface area (Å²) in [5, 5.41) is 11.6. The molecule has 0 unspecified atom stereocenters. The lowest BCUT2D eigenvalue weighted by atomic mass is 9.85. The van der Waals surface area contributed by atoms with Crippen LogP contribution >= 0.6 is 0 Å². The fraction of sp³-hybridized carbons (Fsp3) is 0.231. The van der Waals surface area contributed by atoms with E-state index in [0.29, 0.717) is 35.7 Å². The number of fused-ring (bicyclic) bond motifs is 4. The Balaban J connectivity index is 1.54. The van der Waals surface area contributed by atoms with Crippen molar-refractivity contribution in [3.05, 3.63) is 87.0 Å². The highest BCUT2D eigenvalue weighted by Crippen LogP contribution is 2.45. The monoisotopic (exact) mass is 522 g/mol. The van der Waals surface area contributed by atoms with Crippen molar-refractivity contribution in [3.63, 3.8) is 0 Å². The van der Waals surface area contributed by atoms with Crippen LogP contribution in [0.25, 0.3) is 23.0 Å². The van der Waals surface area contributed by atoms with Crippen molar-refractivity contribution < 1.29 is 26.7 Å². The zero-order valence-electron chi connectivity index (χ0n) is 19.9. The average molecular weight is 522 g/mol. The molecule has 0 spiro atoms. The van der Waals surface area contributed by atoms with Gasteiger partial charge < -0.3 is 14.5 Å². The van der Waals surface area contributed by atoms with Crippen molar-refractivity contribution in [1.82, 2.24) is 30.0 Å². The Morgan fingerprint density at radius 2 is 1.92 bits per heavy atom. The van der Waals surface area contributed by atoms with Gasteiger partial charge in [0.1, 0.15) is 40.2 Å².